The van der Waals surface area contributed by atoms with Gasteiger partial charge in [0, 0.05) is 42.2 Å². The van der Waals surface area contributed by atoms with Crippen LogP contribution in [0.25, 0.3) is 20.4 Å². The number of pyridine rings is 1. The van der Waals surface area contributed by atoms with Crippen LogP contribution in [0.15, 0.2) is 29.3 Å². The highest BCUT2D eigenvalue weighted by Gasteiger charge is 2.31. The SMILES string of the molecule is COc1ccc(Cn2cnc3c(sc4nc5c(c(COC6CCOCC6)c43)COC(C)(C)C5)c2=O)c(OC)c1. The van der Waals surface area contributed by atoms with Crippen LogP contribution in [0.1, 0.15) is 49.1 Å². The summed E-state index contributed by atoms with van der Waals surface area (Å²) >= 11 is 1.40. The van der Waals surface area contributed by atoms with Crippen molar-refractivity contribution in [2.24, 2.45) is 0 Å². The summed E-state index contributed by atoms with van der Waals surface area (Å²) in [5.74, 6) is 1.35. The monoisotopic (exact) mass is 551 g/mol. The maximum atomic E-state index is 13.7. The zero-order chi connectivity index (χ0) is 27.1. The second kappa shape index (κ2) is 10.5. The molecule has 0 aliphatic carbocycles. The van der Waals surface area contributed by atoms with Crippen molar-refractivity contribution in [1.29, 1.82) is 0 Å². The van der Waals surface area contributed by atoms with Crippen molar-refractivity contribution in [2.45, 2.75) is 64.6 Å². The van der Waals surface area contributed by atoms with Crippen LogP contribution in [-0.4, -0.2) is 53.7 Å². The lowest BCUT2D eigenvalue weighted by Gasteiger charge is -2.32. The zero-order valence-electron chi connectivity index (χ0n) is 22.7. The highest BCUT2D eigenvalue weighted by molar-refractivity contribution is 7.25. The molecule has 0 bridgehead atoms. The van der Waals surface area contributed by atoms with E-state index in [9.17, 15) is 4.79 Å². The Bertz CT molecular complexity index is 1590. The minimum atomic E-state index is -0.300. The smallest absolute Gasteiger partial charge is 0.271 e. The molecule has 0 unspecified atom stereocenters. The van der Waals surface area contributed by atoms with Gasteiger partial charge in [-0.3, -0.25) is 9.36 Å². The van der Waals surface area contributed by atoms with Gasteiger partial charge in [0.25, 0.3) is 5.56 Å². The fraction of sp³-hybridized carbons (Fsp3) is 0.483. The van der Waals surface area contributed by atoms with Crippen LogP contribution in [-0.2, 0) is 40.4 Å². The number of fused-ring (bicyclic) bond motifs is 4. The topological polar surface area (TPSA) is 93.9 Å². The van der Waals surface area contributed by atoms with Crippen molar-refractivity contribution in [2.75, 3.05) is 27.4 Å². The highest BCUT2D eigenvalue weighted by Crippen LogP contribution is 2.39. The van der Waals surface area contributed by atoms with Crippen LogP contribution in [0.2, 0.25) is 0 Å². The third-order valence-electron chi connectivity index (χ3n) is 7.56. The molecule has 1 aromatic carbocycles. The largest absolute Gasteiger partial charge is 0.497 e. The molecule has 0 saturated carbocycles. The number of thiophene rings is 1. The van der Waals surface area contributed by atoms with E-state index in [1.54, 1.807) is 25.1 Å². The number of ether oxygens (including phenoxy) is 5. The van der Waals surface area contributed by atoms with Crippen LogP contribution in [0.4, 0.5) is 0 Å². The molecule has 0 N–H and O–H groups in total. The number of hydrogen-bond acceptors (Lipinski definition) is 9. The van der Waals surface area contributed by atoms with E-state index in [1.165, 1.54) is 11.3 Å². The third-order valence-corrected chi connectivity index (χ3v) is 8.62. The van der Waals surface area contributed by atoms with E-state index in [4.69, 9.17) is 33.7 Å². The summed E-state index contributed by atoms with van der Waals surface area (Å²) in [6, 6.07) is 5.58. The summed E-state index contributed by atoms with van der Waals surface area (Å²) in [6.45, 7) is 6.81. The Labute approximate surface area is 230 Å². The summed E-state index contributed by atoms with van der Waals surface area (Å²) in [6.07, 6.45) is 4.21. The first-order valence-electron chi connectivity index (χ1n) is 13.2. The van der Waals surface area contributed by atoms with Crippen molar-refractivity contribution in [3.05, 3.63) is 57.3 Å². The number of rotatable bonds is 7. The molecule has 10 heteroatoms. The van der Waals surface area contributed by atoms with Gasteiger partial charge in [-0.25, -0.2) is 9.97 Å². The van der Waals surface area contributed by atoms with E-state index in [0.717, 1.165) is 45.4 Å². The molecule has 39 heavy (non-hydrogen) atoms. The van der Waals surface area contributed by atoms with Gasteiger partial charge < -0.3 is 23.7 Å². The van der Waals surface area contributed by atoms with Gasteiger partial charge in [-0.1, -0.05) is 0 Å². The molecule has 206 valence electrons. The molecule has 1 saturated heterocycles. The molecule has 0 spiro atoms. The molecule has 2 aliphatic heterocycles. The second-order valence-electron chi connectivity index (χ2n) is 10.7. The van der Waals surface area contributed by atoms with E-state index in [0.29, 0.717) is 61.1 Å². The predicted octanol–water partition coefficient (Wildman–Crippen LogP) is 4.62. The lowest BCUT2D eigenvalue weighted by atomic mass is 9.92. The van der Waals surface area contributed by atoms with E-state index in [2.05, 4.69) is 13.8 Å². The Morgan fingerprint density at radius 2 is 2.00 bits per heavy atom. The second-order valence-corrected chi connectivity index (χ2v) is 11.7. The number of methoxy groups -OCH3 is 2. The molecule has 0 atom stereocenters. The van der Waals surface area contributed by atoms with Gasteiger partial charge in [-0.05, 0) is 44.4 Å². The molecule has 5 heterocycles. The van der Waals surface area contributed by atoms with Crippen molar-refractivity contribution in [3.8, 4) is 11.5 Å². The first-order chi connectivity index (χ1) is 18.9. The van der Waals surface area contributed by atoms with Gasteiger partial charge in [0.1, 0.15) is 21.0 Å². The fourth-order valence-electron chi connectivity index (χ4n) is 5.38. The first kappa shape index (κ1) is 26.2. The van der Waals surface area contributed by atoms with Crippen molar-refractivity contribution >= 4 is 31.8 Å². The van der Waals surface area contributed by atoms with Gasteiger partial charge in [0.15, 0.2) is 0 Å². The lowest BCUT2D eigenvalue weighted by molar-refractivity contribution is -0.0483. The maximum absolute atomic E-state index is 13.7. The van der Waals surface area contributed by atoms with Crippen LogP contribution < -0.4 is 15.0 Å². The Kier molecular flexibility index (Phi) is 7.05. The minimum Gasteiger partial charge on any atom is -0.497 e. The van der Waals surface area contributed by atoms with Crippen LogP contribution >= 0.6 is 11.3 Å². The number of aromatic nitrogens is 3. The molecular weight excluding hydrogens is 518 g/mol. The summed E-state index contributed by atoms with van der Waals surface area (Å²) in [7, 11) is 3.22. The van der Waals surface area contributed by atoms with Gasteiger partial charge in [-0.2, -0.15) is 0 Å². The number of benzene rings is 1. The van der Waals surface area contributed by atoms with Gasteiger partial charge in [-0.15, -0.1) is 11.3 Å². The van der Waals surface area contributed by atoms with Gasteiger partial charge in [0.05, 0.1) is 63.2 Å². The molecule has 1 fully saturated rings. The molecule has 0 amide bonds. The molecule has 6 rings (SSSR count). The highest BCUT2D eigenvalue weighted by atomic mass is 32.1. The van der Waals surface area contributed by atoms with Crippen LogP contribution in [0, 0.1) is 0 Å². The van der Waals surface area contributed by atoms with E-state index in [1.807, 2.05) is 18.2 Å². The summed E-state index contributed by atoms with van der Waals surface area (Å²) in [5.41, 5.74) is 4.23. The number of nitrogens with zero attached hydrogens (tertiary/aromatic N) is 3. The van der Waals surface area contributed by atoms with Crippen molar-refractivity contribution < 1.29 is 23.7 Å². The lowest BCUT2D eigenvalue weighted by Crippen LogP contribution is -2.33. The molecule has 3 aromatic heterocycles. The van der Waals surface area contributed by atoms with Crippen LogP contribution in [0.5, 0.6) is 11.5 Å². The molecule has 0 radical (unpaired) electrons. The quantitative estimate of drug-likeness (QED) is 0.329. The Hall–Kier alpha value is -3.05. The average molecular weight is 552 g/mol. The van der Waals surface area contributed by atoms with E-state index in [-0.39, 0.29) is 17.3 Å². The minimum absolute atomic E-state index is 0.105. The Morgan fingerprint density at radius 3 is 2.77 bits per heavy atom. The Balaban J connectivity index is 1.44. The normalized spacial score (nSPS) is 17.4. The van der Waals surface area contributed by atoms with E-state index >= 15 is 0 Å². The first-order valence-corrected chi connectivity index (χ1v) is 14.0. The molecule has 9 nitrogen and oxygen atoms in total. The number of hydrogen-bond donors (Lipinski definition) is 0. The summed E-state index contributed by atoms with van der Waals surface area (Å²) in [5, 5.41) is 0.899. The summed E-state index contributed by atoms with van der Waals surface area (Å²) < 4.78 is 31.1. The Morgan fingerprint density at radius 1 is 1.18 bits per heavy atom. The standard InChI is InChI=1S/C29H33N3O6S/c1-29(2)12-22-20(15-38-29)21(14-37-18-7-9-36-10-8-18)24-25-26(39-27(24)31-22)28(33)32(16-30-25)13-17-5-6-19(34-3)11-23(17)35-4/h5-6,11,16,18H,7-10,12-15H2,1-4H3. The van der Waals surface area contributed by atoms with Crippen molar-refractivity contribution in [1.82, 2.24) is 14.5 Å². The van der Waals surface area contributed by atoms with Gasteiger partial charge in [0.2, 0.25) is 0 Å². The molecular formula is C29H33N3O6S. The predicted molar refractivity (Wildman–Crippen MR) is 149 cm³/mol. The van der Waals surface area contributed by atoms with Gasteiger partial charge >= 0.3 is 0 Å². The van der Waals surface area contributed by atoms with Crippen LogP contribution in [0.3, 0.4) is 0 Å². The molecule has 2 aliphatic rings. The fourth-order valence-corrected chi connectivity index (χ4v) is 6.50. The maximum Gasteiger partial charge on any atom is 0.271 e. The van der Waals surface area contributed by atoms with Crippen molar-refractivity contribution in [3.63, 3.8) is 0 Å². The molecule has 4 aromatic rings. The zero-order valence-corrected chi connectivity index (χ0v) is 23.6. The summed E-state index contributed by atoms with van der Waals surface area (Å²) in [4.78, 5) is 24.4. The average Bonchev–Trinajstić information content (AvgIpc) is 3.31. The third kappa shape index (κ3) is 5.02. The van der Waals surface area contributed by atoms with E-state index < -0.39 is 0 Å².